The van der Waals surface area contributed by atoms with Crippen LogP contribution in [0.25, 0.3) is 11.3 Å². The largest absolute Gasteiger partial charge is 0.325 e. The molecular weight excluding hydrogens is 426 g/mol. The molecule has 2 N–H and O–H groups in total. The quantitative estimate of drug-likeness (QED) is 0.592. The van der Waals surface area contributed by atoms with Crippen LogP contribution in [0.3, 0.4) is 0 Å². The number of thiazole rings is 1. The van der Waals surface area contributed by atoms with Crippen molar-refractivity contribution in [3.8, 4) is 11.3 Å². The Morgan fingerprint density at radius 1 is 1.16 bits per heavy atom. The van der Waals surface area contributed by atoms with E-state index in [-0.39, 0.29) is 5.13 Å². The summed E-state index contributed by atoms with van der Waals surface area (Å²) < 4.78 is 26.5. The minimum atomic E-state index is -1.26. The molecule has 31 heavy (non-hydrogen) atoms. The lowest BCUT2D eigenvalue weighted by atomic mass is 9.92. The molecule has 1 unspecified atom stereocenters. The highest BCUT2D eigenvalue weighted by Crippen LogP contribution is 2.29. The van der Waals surface area contributed by atoms with Crippen molar-refractivity contribution in [2.24, 2.45) is 0 Å². The number of imide groups is 1. The number of carbonyl (C=O) groups excluding carboxylic acids is 3. The van der Waals surface area contributed by atoms with E-state index in [1.165, 1.54) is 6.07 Å². The molecule has 1 aromatic heterocycles. The third kappa shape index (κ3) is 3.89. The van der Waals surface area contributed by atoms with Gasteiger partial charge in [0.15, 0.2) is 16.8 Å². The summed E-state index contributed by atoms with van der Waals surface area (Å²) in [5, 5.41) is 6.92. The predicted octanol–water partition coefficient (Wildman–Crippen LogP) is 3.49. The van der Waals surface area contributed by atoms with E-state index in [1.807, 2.05) is 0 Å². The summed E-state index contributed by atoms with van der Waals surface area (Å²) in [6, 6.07) is 11.4. The summed E-state index contributed by atoms with van der Waals surface area (Å²) in [6.45, 7) is 1.09. The molecule has 0 saturated carbocycles. The predicted molar refractivity (Wildman–Crippen MR) is 110 cm³/mol. The number of carbonyl (C=O) groups is 3. The summed E-state index contributed by atoms with van der Waals surface area (Å²) in [7, 11) is 0. The Morgan fingerprint density at radius 3 is 2.61 bits per heavy atom. The fourth-order valence-corrected chi connectivity index (χ4v) is 3.97. The molecule has 3 aromatic rings. The maximum absolute atomic E-state index is 13.4. The second-order valence-electron chi connectivity index (χ2n) is 7.03. The van der Waals surface area contributed by atoms with E-state index in [4.69, 9.17) is 0 Å². The monoisotopic (exact) mass is 442 g/mol. The molecule has 10 heteroatoms. The molecule has 0 aliphatic carbocycles. The Hall–Kier alpha value is -3.66. The van der Waals surface area contributed by atoms with Crippen LogP contribution in [-0.2, 0) is 15.1 Å². The van der Waals surface area contributed by atoms with Gasteiger partial charge in [-0.25, -0.2) is 18.6 Å². The summed E-state index contributed by atoms with van der Waals surface area (Å²) in [5.41, 5.74) is 0.0428. The van der Waals surface area contributed by atoms with Crippen LogP contribution in [0.1, 0.15) is 12.5 Å². The van der Waals surface area contributed by atoms with Gasteiger partial charge in [-0.1, -0.05) is 30.3 Å². The van der Waals surface area contributed by atoms with Crippen molar-refractivity contribution in [3.05, 3.63) is 71.1 Å². The molecule has 4 amide bonds. The number of nitrogens with one attached hydrogen (secondary N) is 2. The molecule has 4 rings (SSSR count). The minimum Gasteiger partial charge on any atom is -0.319 e. The molecule has 1 fully saturated rings. The third-order valence-corrected chi connectivity index (χ3v) is 5.65. The normalized spacial score (nSPS) is 18.2. The van der Waals surface area contributed by atoms with Crippen LogP contribution >= 0.6 is 11.3 Å². The van der Waals surface area contributed by atoms with Crippen LogP contribution in [0, 0.1) is 11.6 Å². The average Bonchev–Trinajstić information content (AvgIpc) is 3.29. The van der Waals surface area contributed by atoms with Crippen molar-refractivity contribution in [2.45, 2.75) is 12.5 Å². The number of aromatic nitrogens is 1. The van der Waals surface area contributed by atoms with E-state index in [0.717, 1.165) is 28.4 Å². The molecule has 2 heterocycles. The zero-order valence-corrected chi connectivity index (χ0v) is 17.0. The number of amides is 4. The molecule has 0 radical (unpaired) electrons. The number of urea groups is 1. The highest BCUT2D eigenvalue weighted by Gasteiger charge is 2.49. The molecule has 2 aromatic carbocycles. The van der Waals surface area contributed by atoms with Crippen molar-refractivity contribution in [2.75, 3.05) is 11.9 Å². The second-order valence-corrected chi connectivity index (χ2v) is 7.89. The first-order valence-corrected chi connectivity index (χ1v) is 10.1. The first-order valence-electron chi connectivity index (χ1n) is 9.18. The number of nitrogens with zero attached hydrogens (tertiary/aromatic N) is 2. The Kier molecular flexibility index (Phi) is 5.24. The van der Waals surface area contributed by atoms with Crippen LogP contribution in [0.2, 0.25) is 0 Å². The Balaban J connectivity index is 1.45. The van der Waals surface area contributed by atoms with Crippen molar-refractivity contribution >= 4 is 34.3 Å². The SMILES string of the molecule is CC1(c2ccccc2)NC(=O)N(CC(=O)Nc2nc(-c3ccc(F)c(F)c3)cs2)C1=O. The van der Waals surface area contributed by atoms with Crippen LogP contribution in [0.15, 0.2) is 53.9 Å². The van der Waals surface area contributed by atoms with Gasteiger partial charge < -0.3 is 10.6 Å². The zero-order chi connectivity index (χ0) is 22.2. The molecular formula is C21H16F2N4O3S. The summed E-state index contributed by atoms with van der Waals surface area (Å²) in [6.07, 6.45) is 0. The number of rotatable bonds is 5. The summed E-state index contributed by atoms with van der Waals surface area (Å²) >= 11 is 1.08. The molecule has 0 bridgehead atoms. The fraction of sp³-hybridized carbons (Fsp3) is 0.143. The number of hydrogen-bond acceptors (Lipinski definition) is 5. The highest BCUT2D eigenvalue weighted by molar-refractivity contribution is 7.14. The van der Waals surface area contributed by atoms with Crippen LogP contribution in [0.5, 0.6) is 0 Å². The first-order chi connectivity index (χ1) is 14.8. The maximum Gasteiger partial charge on any atom is 0.325 e. The van der Waals surface area contributed by atoms with Gasteiger partial charge in [0.05, 0.1) is 5.69 Å². The van der Waals surface area contributed by atoms with E-state index in [2.05, 4.69) is 15.6 Å². The van der Waals surface area contributed by atoms with Gasteiger partial charge >= 0.3 is 6.03 Å². The fourth-order valence-electron chi connectivity index (χ4n) is 3.23. The summed E-state index contributed by atoms with van der Waals surface area (Å²) in [5.74, 6) is -3.13. The minimum absolute atomic E-state index is 0.197. The number of halogens is 2. The van der Waals surface area contributed by atoms with Gasteiger partial charge in [-0.2, -0.15) is 0 Å². The van der Waals surface area contributed by atoms with Crippen molar-refractivity contribution in [3.63, 3.8) is 0 Å². The van der Waals surface area contributed by atoms with Gasteiger partial charge in [0.2, 0.25) is 5.91 Å². The van der Waals surface area contributed by atoms with E-state index >= 15 is 0 Å². The molecule has 158 valence electrons. The topological polar surface area (TPSA) is 91.4 Å². The van der Waals surface area contributed by atoms with Gasteiger partial charge in [0.25, 0.3) is 5.91 Å². The van der Waals surface area contributed by atoms with E-state index in [9.17, 15) is 23.2 Å². The van der Waals surface area contributed by atoms with Gasteiger partial charge in [-0.05, 0) is 30.7 Å². The Morgan fingerprint density at radius 2 is 1.90 bits per heavy atom. The summed E-state index contributed by atoms with van der Waals surface area (Å²) in [4.78, 5) is 42.6. The van der Waals surface area contributed by atoms with E-state index in [1.54, 1.807) is 42.6 Å². The lowest BCUT2D eigenvalue weighted by Crippen LogP contribution is -2.42. The Labute approximate surface area is 179 Å². The van der Waals surface area contributed by atoms with Crippen LogP contribution in [-0.4, -0.2) is 34.3 Å². The molecule has 0 spiro atoms. The van der Waals surface area contributed by atoms with Gasteiger partial charge in [0, 0.05) is 10.9 Å². The van der Waals surface area contributed by atoms with Gasteiger partial charge in [0.1, 0.15) is 12.1 Å². The number of benzene rings is 2. The first kappa shape index (κ1) is 20.6. The highest BCUT2D eigenvalue weighted by atomic mass is 32.1. The average molecular weight is 442 g/mol. The van der Waals surface area contributed by atoms with E-state index in [0.29, 0.717) is 16.8 Å². The standard InChI is InChI=1S/C21H16F2N4O3S/c1-21(13-5-3-2-4-6-13)18(29)27(20(30)26-21)10-17(28)25-19-24-16(11-31-19)12-7-8-14(22)15(23)9-12/h2-9,11H,10H2,1H3,(H,26,30)(H,24,25,28). The smallest absolute Gasteiger partial charge is 0.319 e. The maximum atomic E-state index is 13.4. The van der Waals surface area contributed by atoms with Gasteiger partial charge in [-0.15, -0.1) is 11.3 Å². The molecule has 1 aliphatic heterocycles. The molecule has 1 saturated heterocycles. The molecule has 1 aliphatic rings. The van der Waals surface area contributed by atoms with Crippen molar-refractivity contribution in [1.29, 1.82) is 0 Å². The van der Waals surface area contributed by atoms with Crippen molar-refractivity contribution < 1.29 is 23.2 Å². The van der Waals surface area contributed by atoms with Gasteiger partial charge in [-0.3, -0.25) is 14.5 Å². The Bertz CT molecular complexity index is 1180. The number of hydrogen-bond donors (Lipinski definition) is 2. The van der Waals surface area contributed by atoms with E-state index < -0.39 is 41.6 Å². The third-order valence-electron chi connectivity index (χ3n) is 4.89. The van der Waals surface area contributed by atoms with Crippen LogP contribution in [0.4, 0.5) is 18.7 Å². The molecule has 7 nitrogen and oxygen atoms in total. The zero-order valence-electron chi connectivity index (χ0n) is 16.2. The lowest BCUT2D eigenvalue weighted by Gasteiger charge is -2.21. The lowest BCUT2D eigenvalue weighted by molar-refractivity contribution is -0.133. The van der Waals surface area contributed by atoms with Crippen molar-refractivity contribution in [1.82, 2.24) is 15.2 Å². The number of anilines is 1. The molecule has 1 atom stereocenters. The van der Waals surface area contributed by atoms with Crippen LogP contribution < -0.4 is 10.6 Å². The second kappa shape index (κ2) is 7.88.